The molecule has 1 aromatic carbocycles. The summed E-state index contributed by atoms with van der Waals surface area (Å²) in [6.07, 6.45) is 1.08. The number of anilines is 1. The van der Waals surface area contributed by atoms with E-state index in [-0.39, 0.29) is 11.7 Å². The number of aromatic nitrogens is 2. The largest absolute Gasteiger partial charge is 0.466 e. The van der Waals surface area contributed by atoms with Gasteiger partial charge in [-0.2, -0.15) is 4.98 Å². The molecule has 0 amide bonds. The normalized spacial score (nSPS) is 11.2. The van der Waals surface area contributed by atoms with Gasteiger partial charge >= 0.3 is 17.6 Å². The molecule has 2 rings (SSSR count). The van der Waals surface area contributed by atoms with Gasteiger partial charge in [0.05, 0.1) is 30.7 Å². The van der Waals surface area contributed by atoms with E-state index in [0.717, 1.165) is 11.9 Å². The van der Waals surface area contributed by atoms with Crippen LogP contribution in [0.4, 0.5) is 11.5 Å². The zero-order valence-electron chi connectivity index (χ0n) is 15.4. The smallest absolute Gasteiger partial charge is 0.372 e. The third kappa shape index (κ3) is 4.90. The number of carbonyl (C=O) groups is 2. The highest BCUT2D eigenvalue weighted by Crippen LogP contribution is 2.33. The maximum absolute atomic E-state index is 11.5. The van der Waals surface area contributed by atoms with E-state index in [4.69, 9.17) is 4.74 Å². The lowest BCUT2D eigenvalue weighted by Gasteiger charge is -2.16. The average molecular weight is 390 g/mol. The molecule has 1 atom stereocenters. The van der Waals surface area contributed by atoms with Crippen LogP contribution in [-0.4, -0.2) is 47.7 Å². The molecule has 28 heavy (non-hydrogen) atoms. The Morgan fingerprint density at radius 2 is 1.86 bits per heavy atom. The lowest BCUT2D eigenvalue weighted by Crippen LogP contribution is -2.16. The van der Waals surface area contributed by atoms with Crippen LogP contribution < -0.4 is 10.1 Å². The number of nitrogens with zero attached hydrogens (tertiary/aromatic N) is 3. The Labute approximate surface area is 159 Å². The standard InChI is InChI=1S/C17H18N4O7/c1-10(11-4-6-12(7-5-11)17(23)27-3)20-15-14(21(24)25)16(19-9-18-15)28-8-13(22)26-2/h4-7,9-10H,8H2,1-3H3,(H,18,19,20). The van der Waals surface area contributed by atoms with Crippen LogP contribution in [0.25, 0.3) is 0 Å². The van der Waals surface area contributed by atoms with Crippen LogP contribution in [0.5, 0.6) is 5.88 Å². The molecule has 0 fully saturated rings. The Bertz CT molecular complexity index is 870. The van der Waals surface area contributed by atoms with E-state index >= 15 is 0 Å². The molecule has 0 aliphatic rings. The number of hydrogen-bond donors (Lipinski definition) is 1. The number of esters is 2. The van der Waals surface area contributed by atoms with Crippen LogP contribution in [0.1, 0.15) is 28.9 Å². The summed E-state index contributed by atoms with van der Waals surface area (Å²) in [4.78, 5) is 41.1. The first-order chi connectivity index (χ1) is 13.4. The van der Waals surface area contributed by atoms with Gasteiger partial charge in [0.1, 0.15) is 6.33 Å². The molecule has 1 heterocycles. The van der Waals surface area contributed by atoms with Gasteiger partial charge in [-0.05, 0) is 24.6 Å². The Balaban J connectivity index is 2.23. The molecule has 11 nitrogen and oxygen atoms in total. The zero-order chi connectivity index (χ0) is 20.7. The van der Waals surface area contributed by atoms with Crippen molar-refractivity contribution in [3.8, 4) is 5.88 Å². The van der Waals surface area contributed by atoms with Crippen LogP contribution in [0, 0.1) is 10.1 Å². The van der Waals surface area contributed by atoms with Gasteiger partial charge in [-0.1, -0.05) is 12.1 Å². The third-order valence-electron chi connectivity index (χ3n) is 3.71. The van der Waals surface area contributed by atoms with Gasteiger partial charge in [0.2, 0.25) is 5.82 Å². The first-order valence-corrected chi connectivity index (χ1v) is 8.01. The highest BCUT2D eigenvalue weighted by Gasteiger charge is 2.26. The number of hydrogen-bond acceptors (Lipinski definition) is 10. The lowest BCUT2D eigenvalue weighted by molar-refractivity contribution is -0.385. The monoisotopic (exact) mass is 390 g/mol. The van der Waals surface area contributed by atoms with Crippen molar-refractivity contribution >= 4 is 23.4 Å². The van der Waals surface area contributed by atoms with Gasteiger partial charge < -0.3 is 19.5 Å². The molecular weight excluding hydrogens is 372 g/mol. The molecule has 0 saturated carbocycles. The summed E-state index contributed by atoms with van der Waals surface area (Å²) >= 11 is 0. The molecule has 0 aliphatic carbocycles. The first-order valence-electron chi connectivity index (χ1n) is 8.01. The van der Waals surface area contributed by atoms with E-state index in [0.29, 0.717) is 5.56 Å². The van der Waals surface area contributed by atoms with Crippen molar-refractivity contribution in [2.24, 2.45) is 0 Å². The summed E-state index contributed by atoms with van der Waals surface area (Å²) in [6.45, 7) is 1.23. The lowest BCUT2D eigenvalue weighted by atomic mass is 10.1. The Morgan fingerprint density at radius 3 is 2.43 bits per heavy atom. The van der Waals surface area contributed by atoms with Gasteiger partial charge in [-0.25, -0.2) is 14.6 Å². The SMILES string of the molecule is COC(=O)COc1ncnc(NC(C)c2ccc(C(=O)OC)cc2)c1[N+](=O)[O-]. The van der Waals surface area contributed by atoms with Crippen molar-refractivity contribution in [1.29, 1.82) is 0 Å². The van der Waals surface area contributed by atoms with Gasteiger partial charge in [-0.3, -0.25) is 10.1 Å². The second kappa shape index (κ2) is 9.26. The predicted octanol–water partition coefficient (Wildman–Crippen LogP) is 1.90. The molecule has 0 radical (unpaired) electrons. The van der Waals surface area contributed by atoms with Crippen LogP contribution in [-0.2, 0) is 14.3 Å². The van der Waals surface area contributed by atoms with Crippen LogP contribution in [0.15, 0.2) is 30.6 Å². The fourth-order valence-electron chi connectivity index (χ4n) is 2.24. The van der Waals surface area contributed by atoms with E-state index in [1.165, 1.54) is 14.2 Å². The van der Waals surface area contributed by atoms with Gasteiger partial charge in [0.15, 0.2) is 6.61 Å². The van der Waals surface area contributed by atoms with Crippen molar-refractivity contribution in [1.82, 2.24) is 9.97 Å². The highest BCUT2D eigenvalue weighted by molar-refractivity contribution is 5.89. The van der Waals surface area contributed by atoms with E-state index in [2.05, 4.69) is 24.8 Å². The number of carbonyl (C=O) groups excluding carboxylic acids is 2. The summed E-state index contributed by atoms with van der Waals surface area (Å²) in [6, 6.07) is 6.14. The summed E-state index contributed by atoms with van der Waals surface area (Å²) in [5.74, 6) is -1.61. The van der Waals surface area contributed by atoms with Gasteiger partial charge in [0, 0.05) is 0 Å². The molecule has 1 aromatic heterocycles. The first kappa shape index (κ1) is 20.6. The van der Waals surface area contributed by atoms with Crippen molar-refractivity contribution in [3.05, 3.63) is 51.8 Å². The summed E-state index contributed by atoms with van der Waals surface area (Å²) in [5, 5.41) is 14.4. The molecule has 11 heteroatoms. The Hall–Kier alpha value is -3.76. The average Bonchev–Trinajstić information content (AvgIpc) is 2.71. The van der Waals surface area contributed by atoms with E-state index in [1.807, 2.05) is 0 Å². The topological polar surface area (TPSA) is 143 Å². The van der Waals surface area contributed by atoms with Crippen molar-refractivity contribution in [3.63, 3.8) is 0 Å². The summed E-state index contributed by atoms with van der Waals surface area (Å²) < 4.78 is 14.2. The van der Waals surface area contributed by atoms with Gasteiger partial charge in [-0.15, -0.1) is 0 Å². The molecule has 0 aliphatic heterocycles. The number of nitrogens with one attached hydrogen (secondary N) is 1. The molecule has 148 valence electrons. The van der Waals surface area contributed by atoms with E-state index in [1.54, 1.807) is 31.2 Å². The fraction of sp³-hybridized carbons (Fsp3) is 0.294. The minimum Gasteiger partial charge on any atom is -0.466 e. The number of methoxy groups -OCH3 is 2. The van der Waals surface area contributed by atoms with Crippen LogP contribution in [0.3, 0.4) is 0 Å². The highest BCUT2D eigenvalue weighted by atomic mass is 16.6. The summed E-state index contributed by atoms with van der Waals surface area (Å²) in [5.41, 5.74) is 0.618. The Morgan fingerprint density at radius 1 is 1.18 bits per heavy atom. The molecule has 0 bridgehead atoms. The van der Waals surface area contributed by atoms with Gasteiger partial charge in [0.25, 0.3) is 5.88 Å². The number of ether oxygens (including phenoxy) is 3. The molecule has 1 N–H and O–H groups in total. The second-order valence-corrected chi connectivity index (χ2v) is 5.48. The number of benzene rings is 1. The minimum atomic E-state index is -0.707. The molecule has 1 unspecified atom stereocenters. The van der Waals surface area contributed by atoms with Crippen LogP contribution in [0.2, 0.25) is 0 Å². The van der Waals surface area contributed by atoms with E-state index < -0.39 is 35.2 Å². The van der Waals surface area contributed by atoms with E-state index in [9.17, 15) is 19.7 Å². The van der Waals surface area contributed by atoms with Crippen molar-refractivity contribution < 1.29 is 28.7 Å². The summed E-state index contributed by atoms with van der Waals surface area (Å²) in [7, 11) is 2.45. The Kier molecular flexibility index (Phi) is 6.79. The number of nitro groups is 1. The molecule has 0 spiro atoms. The maximum Gasteiger partial charge on any atom is 0.372 e. The molecule has 0 saturated heterocycles. The van der Waals surface area contributed by atoms with Crippen LogP contribution >= 0.6 is 0 Å². The predicted molar refractivity (Wildman–Crippen MR) is 96.0 cm³/mol. The fourth-order valence-corrected chi connectivity index (χ4v) is 2.24. The van der Waals surface area contributed by atoms with Crippen molar-refractivity contribution in [2.75, 3.05) is 26.1 Å². The maximum atomic E-state index is 11.5. The molecule has 2 aromatic rings. The number of rotatable bonds is 8. The second-order valence-electron chi connectivity index (χ2n) is 5.48. The third-order valence-corrected chi connectivity index (χ3v) is 3.71. The minimum absolute atomic E-state index is 0.0792. The quantitative estimate of drug-likeness (QED) is 0.403. The zero-order valence-corrected chi connectivity index (χ0v) is 15.4. The molecular formula is C17H18N4O7. The van der Waals surface area contributed by atoms with Crippen molar-refractivity contribution in [2.45, 2.75) is 13.0 Å².